The Bertz CT molecular complexity index is 619. The molecule has 5 nitrogen and oxygen atoms in total. The number of nitrogens with zero attached hydrogens (tertiary/aromatic N) is 4. The van der Waals surface area contributed by atoms with Crippen molar-refractivity contribution in [3.63, 3.8) is 0 Å². The van der Waals surface area contributed by atoms with Gasteiger partial charge in [-0.3, -0.25) is 8.89 Å². The van der Waals surface area contributed by atoms with Gasteiger partial charge in [-0.05, 0) is 20.3 Å². The molecule has 2 unspecified atom stereocenters. The molecule has 0 amide bonds. The lowest BCUT2D eigenvalue weighted by atomic mass is 10.2. The first kappa shape index (κ1) is 14.5. The summed E-state index contributed by atoms with van der Waals surface area (Å²) in [5.74, 6) is 1.90. The van der Waals surface area contributed by atoms with Gasteiger partial charge in [0.15, 0.2) is 5.65 Å². The second kappa shape index (κ2) is 5.63. The summed E-state index contributed by atoms with van der Waals surface area (Å²) in [6.07, 6.45) is 2.57. The molecule has 0 spiro atoms. The molecular formula is C12H19ClN4OS. The van der Waals surface area contributed by atoms with Gasteiger partial charge in [0.1, 0.15) is 11.3 Å². The highest BCUT2D eigenvalue weighted by Crippen LogP contribution is 2.25. The summed E-state index contributed by atoms with van der Waals surface area (Å²) in [5, 5.41) is 4.39. The Morgan fingerprint density at radius 3 is 2.74 bits per heavy atom. The molecule has 2 heterocycles. The van der Waals surface area contributed by atoms with Crippen LogP contribution in [-0.4, -0.2) is 35.5 Å². The van der Waals surface area contributed by atoms with E-state index in [4.69, 9.17) is 11.6 Å². The molecule has 19 heavy (non-hydrogen) atoms. The number of halogens is 1. The molecule has 0 aliphatic heterocycles. The molecule has 2 aromatic heterocycles. The van der Waals surface area contributed by atoms with E-state index in [0.717, 1.165) is 29.1 Å². The average Bonchev–Trinajstić information content (AvgIpc) is 2.85. The van der Waals surface area contributed by atoms with Gasteiger partial charge in [0.2, 0.25) is 0 Å². The zero-order chi connectivity index (χ0) is 14.2. The maximum absolute atomic E-state index is 11.2. The molecule has 0 fully saturated rings. The monoisotopic (exact) mass is 302 g/mol. The van der Waals surface area contributed by atoms with E-state index in [9.17, 15) is 4.21 Å². The topological polar surface area (TPSA) is 52.7 Å². The molecular weight excluding hydrogens is 284 g/mol. The molecule has 2 rings (SSSR count). The number of imidazole rings is 1. The second-order valence-electron chi connectivity index (χ2n) is 4.83. The molecule has 106 valence electrons. The highest BCUT2D eigenvalue weighted by Gasteiger charge is 2.20. The van der Waals surface area contributed by atoms with Crippen molar-refractivity contribution in [2.45, 2.75) is 32.2 Å². The number of rotatable bonds is 5. The molecule has 2 aromatic rings. The van der Waals surface area contributed by atoms with Crippen molar-refractivity contribution >= 4 is 33.6 Å². The molecule has 0 aliphatic rings. The minimum atomic E-state index is -0.779. The zero-order valence-electron chi connectivity index (χ0n) is 11.7. The minimum absolute atomic E-state index is 0.206. The van der Waals surface area contributed by atoms with Crippen LogP contribution in [0.2, 0.25) is 0 Å². The van der Waals surface area contributed by atoms with Gasteiger partial charge < -0.3 is 4.57 Å². The predicted octanol–water partition coefficient (Wildman–Crippen LogP) is 2.15. The third-order valence-electron chi connectivity index (χ3n) is 3.29. The van der Waals surface area contributed by atoms with Gasteiger partial charge in [0.25, 0.3) is 0 Å². The van der Waals surface area contributed by atoms with Crippen LogP contribution < -0.4 is 0 Å². The first-order valence-corrected chi connectivity index (χ1v) is 8.48. The summed E-state index contributed by atoms with van der Waals surface area (Å²) >= 11 is 6.00. The fourth-order valence-corrected chi connectivity index (χ4v) is 3.23. The first-order chi connectivity index (χ1) is 8.95. The lowest BCUT2D eigenvalue weighted by Gasteiger charge is -2.16. The van der Waals surface area contributed by atoms with Crippen molar-refractivity contribution in [1.29, 1.82) is 0 Å². The summed E-state index contributed by atoms with van der Waals surface area (Å²) in [6.45, 7) is 4.05. The van der Waals surface area contributed by atoms with Crippen molar-refractivity contribution in [2.75, 3.05) is 12.0 Å². The molecule has 0 radical (unpaired) electrons. The number of aryl methyl sites for hydroxylation is 2. The minimum Gasteiger partial charge on any atom is -0.309 e. The average molecular weight is 303 g/mol. The van der Waals surface area contributed by atoms with Crippen LogP contribution in [-0.2, 0) is 23.7 Å². The third-order valence-corrected chi connectivity index (χ3v) is 4.34. The largest absolute Gasteiger partial charge is 0.309 e. The van der Waals surface area contributed by atoms with Crippen LogP contribution in [0.25, 0.3) is 11.2 Å². The highest BCUT2D eigenvalue weighted by atomic mass is 35.5. The Hall–Kier alpha value is -0.880. The first-order valence-electron chi connectivity index (χ1n) is 6.22. The van der Waals surface area contributed by atoms with E-state index >= 15 is 0 Å². The number of alkyl halides is 1. The standard InChI is InChI=1S/C12H19ClN4OS/c1-8(5-6-19(4)18)17-10(7-13)14-11-9(2)15-16(3)12(11)17/h8H,5-7H2,1-4H3. The van der Waals surface area contributed by atoms with Crippen molar-refractivity contribution in [3.05, 3.63) is 11.5 Å². The maximum atomic E-state index is 11.2. The fraction of sp³-hybridized carbons (Fsp3) is 0.667. The lowest BCUT2D eigenvalue weighted by molar-refractivity contribution is 0.518. The summed E-state index contributed by atoms with van der Waals surface area (Å²) in [4.78, 5) is 4.57. The third kappa shape index (κ3) is 2.69. The van der Waals surface area contributed by atoms with Gasteiger partial charge in [-0.1, -0.05) is 0 Å². The summed E-state index contributed by atoms with van der Waals surface area (Å²) < 4.78 is 15.2. The fourth-order valence-electron chi connectivity index (χ4n) is 2.36. The molecule has 0 N–H and O–H groups in total. The van der Waals surface area contributed by atoms with Crippen LogP contribution in [0.5, 0.6) is 0 Å². The molecule has 0 saturated carbocycles. The SMILES string of the molecule is Cc1nn(C)c2c1nc(CCl)n2C(C)CCS(C)=O. The molecule has 0 aromatic carbocycles. The van der Waals surface area contributed by atoms with E-state index in [1.807, 2.05) is 18.7 Å². The molecule has 2 atom stereocenters. The highest BCUT2D eigenvalue weighted by molar-refractivity contribution is 7.84. The number of hydrogen-bond acceptors (Lipinski definition) is 3. The van der Waals surface area contributed by atoms with E-state index in [1.165, 1.54) is 0 Å². The second-order valence-corrected chi connectivity index (χ2v) is 6.65. The van der Waals surface area contributed by atoms with Crippen LogP contribution in [0.3, 0.4) is 0 Å². The normalized spacial score (nSPS) is 15.0. The Balaban J connectivity index is 2.47. The van der Waals surface area contributed by atoms with Crippen molar-refractivity contribution in [3.8, 4) is 0 Å². The van der Waals surface area contributed by atoms with Gasteiger partial charge in [-0.25, -0.2) is 4.98 Å². The van der Waals surface area contributed by atoms with Crippen LogP contribution in [0, 0.1) is 6.92 Å². The van der Waals surface area contributed by atoms with Gasteiger partial charge in [-0.2, -0.15) is 5.10 Å². The lowest BCUT2D eigenvalue weighted by Crippen LogP contribution is -2.13. The quantitative estimate of drug-likeness (QED) is 0.795. The van der Waals surface area contributed by atoms with E-state index in [2.05, 4.69) is 21.6 Å². The van der Waals surface area contributed by atoms with E-state index in [0.29, 0.717) is 11.6 Å². The summed E-state index contributed by atoms with van der Waals surface area (Å²) in [7, 11) is 1.13. The number of fused-ring (bicyclic) bond motifs is 1. The Labute approximate surface area is 120 Å². The predicted molar refractivity (Wildman–Crippen MR) is 79.1 cm³/mol. The van der Waals surface area contributed by atoms with Gasteiger partial charge in [-0.15, -0.1) is 11.6 Å². The molecule has 7 heteroatoms. The summed E-state index contributed by atoms with van der Waals surface area (Å²) in [6, 6.07) is 0.206. The Morgan fingerprint density at radius 2 is 2.16 bits per heavy atom. The molecule has 0 aliphatic carbocycles. The number of hydrogen-bond donors (Lipinski definition) is 0. The van der Waals surface area contributed by atoms with Crippen LogP contribution in [0.15, 0.2) is 0 Å². The van der Waals surface area contributed by atoms with E-state index in [1.54, 1.807) is 6.26 Å². The van der Waals surface area contributed by atoms with Gasteiger partial charge in [0, 0.05) is 35.9 Å². The van der Waals surface area contributed by atoms with Crippen molar-refractivity contribution in [1.82, 2.24) is 19.3 Å². The Morgan fingerprint density at radius 1 is 1.47 bits per heavy atom. The van der Waals surface area contributed by atoms with Gasteiger partial charge in [0.05, 0.1) is 11.6 Å². The molecule has 0 bridgehead atoms. The zero-order valence-corrected chi connectivity index (χ0v) is 13.3. The maximum Gasteiger partial charge on any atom is 0.158 e. The molecule has 0 saturated heterocycles. The summed E-state index contributed by atoms with van der Waals surface area (Å²) in [5.41, 5.74) is 2.80. The Kier molecular flexibility index (Phi) is 4.30. The van der Waals surface area contributed by atoms with Crippen LogP contribution in [0.1, 0.15) is 30.9 Å². The smallest absolute Gasteiger partial charge is 0.158 e. The van der Waals surface area contributed by atoms with Crippen LogP contribution in [0.4, 0.5) is 0 Å². The van der Waals surface area contributed by atoms with Gasteiger partial charge >= 0.3 is 0 Å². The van der Waals surface area contributed by atoms with Crippen molar-refractivity contribution < 1.29 is 4.21 Å². The van der Waals surface area contributed by atoms with E-state index < -0.39 is 10.8 Å². The number of aromatic nitrogens is 4. The van der Waals surface area contributed by atoms with Crippen LogP contribution >= 0.6 is 11.6 Å². The van der Waals surface area contributed by atoms with E-state index in [-0.39, 0.29) is 6.04 Å². The van der Waals surface area contributed by atoms with Crippen molar-refractivity contribution in [2.24, 2.45) is 7.05 Å².